The Morgan fingerprint density at radius 3 is 2.70 bits per heavy atom. The molecule has 1 N–H and O–H groups in total. The Balaban J connectivity index is 1.87. The summed E-state index contributed by atoms with van der Waals surface area (Å²) in [6.07, 6.45) is 1.66. The molecule has 5 nitrogen and oxygen atoms in total. The van der Waals surface area contributed by atoms with Crippen LogP contribution in [0.5, 0.6) is 11.5 Å². The van der Waals surface area contributed by atoms with Crippen molar-refractivity contribution in [1.29, 1.82) is 0 Å². The predicted molar refractivity (Wildman–Crippen MR) is 105 cm³/mol. The third-order valence-corrected chi connectivity index (χ3v) is 4.67. The van der Waals surface area contributed by atoms with Crippen LogP contribution in [-0.4, -0.2) is 22.8 Å². The molecule has 0 aromatic heterocycles. The topological polar surface area (TPSA) is 64.6 Å². The molecule has 1 amide bonds. The average molecular weight is 403 g/mol. The molecule has 0 unspecified atom stereocenters. The molecule has 0 atom stereocenters. The van der Waals surface area contributed by atoms with Crippen LogP contribution in [0.3, 0.4) is 0 Å². The van der Waals surface area contributed by atoms with Crippen molar-refractivity contribution in [3.05, 3.63) is 64.3 Å². The number of carbonyl (C=O) groups is 2. The third-order valence-electron chi connectivity index (χ3n) is 3.50. The van der Waals surface area contributed by atoms with Crippen molar-refractivity contribution in [2.24, 2.45) is 0 Å². The zero-order valence-electron chi connectivity index (χ0n) is 14.2. The van der Waals surface area contributed by atoms with E-state index in [2.05, 4.69) is 5.32 Å². The van der Waals surface area contributed by atoms with Crippen molar-refractivity contribution >= 4 is 46.3 Å². The fraction of sp³-hybridized carbons (Fsp3) is 0.105. The van der Waals surface area contributed by atoms with E-state index in [1.54, 1.807) is 31.2 Å². The van der Waals surface area contributed by atoms with Gasteiger partial charge in [0.05, 0.1) is 17.1 Å². The highest BCUT2D eigenvalue weighted by Gasteiger charge is 2.22. The first kappa shape index (κ1) is 19.1. The number of rotatable bonds is 5. The lowest BCUT2D eigenvalue weighted by Gasteiger charge is -2.12. The smallest absolute Gasteiger partial charge is 0.346 e. The summed E-state index contributed by atoms with van der Waals surface area (Å²) in [5.41, 5.74) is 0.505. The second kappa shape index (κ2) is 8.32. The summed E-state index contributed by atoms with van der Waals surface area (Å²) in [7, 11) is 0. The van der Waals surface area contributed by atoms with Crippen LogP contribution in [0.25, 0.3) is 6.08 Å². The van der Waals surface area contributed by atoms with Gasteiger partial charge in [-0.3, -0.25) is 4.79 Å². The Morgan fingerprint density at radius 2 is 2.04 bits per heavy atom. The Hall–Kier alpha value is -2.71. The molecular weight excluding hydrogens is 389 g/mol. The molecule has 1 saturated heterocycles. The summed E-state index contributed by atoms with van der Waals surface area (Å²) in [5, 5.41) is 2.54. The van der Waals surface area contributed by atoms with Gasteiger partial charge in [0.1, 0.15) is 10.1 Å². The molecule has 1 aliphatic heterocycles. The van der Waals surface area contributed by atoms with Crippen LogP contribution in [0.15, 0.2) is 47.4 Å². The van der Waals surface area contributed by atoms with Crippen LogP contribution >= 0.6 is 24.0 Å². The SMILES string of the molecule is CCOc1cc(C=C2SC(=S)NC2=O)ccc1OC(=O)c1ccccc1F. The largest absolute Gasteiger partial charge is 0.490 e. The van der Waals surface area contributed by atoms with Crippen LogP contribution in [0.4, 0.5) is 4.39 Å². The maximum absolute atomic E-state index is 13.8. The number of halogens is 1. The van der Waals surface area contributed by atoms with Gasteiger partial charge >= 0.3 is 5.97 Å². The molecule has 1 aliphatic rings. The minimum atomic E-state index is -0.823. The van der Waals surface area contributed by atoms with Gasteiger partial charge in [0.15, 0.2) is 11.5 Å². The number of benzene rings is 2. The van der Waals surface area contributed by atoms with Gasteiger partial charge in [0, 0.05) is 0 Å². The first-order valence-corrected chi connectivity index (χ1v) is 9.19. The Bertz CT molecular complexity index is 958. The number of hydrogen-bond acceptors (Lipinski definition) is 6. The summed E-state index contributed by atoms with van der Waals surface area (Å²) in [4.78, 5) is 24.5. The van der Waals surface area contributed by atoms with Crippen LogP contribution in [0.2, 0.25) is 0 Å². The molecule has 0 bridgehead atoms. The summed E-state index contributed by atoms with van der Waals surface area (Å²) in [6, 6.07) is 10.4. The van der Waals surface area contributed by atoms with Crippen molar-refractivity contribution in [2.45, 2.75) is 6.92 Å². The summed E-state index contributed by atoms with van der Waals surface area (Å²) in [6.45, 7) is 2.12. The highest BCUT2D eigenvalue weighted by atomic mass is 32.2. The van der Waals surface area contributed by atoms with Crippen molar-refractivity contribution in [1.82, 2.24) is 5.32 Å². The maximum Gasteiger partial charge on any atom is 0.346 e. The van der Waals surface area contributed by atoms with Crippen molar-refractivity contribution in [2.75, 3.05) is 6.61 Å². The van der Waals surface area contributed by atoms with Gasteiger partial charge in [-0.1, -0.05) is 42.2 Å². The van der Waals surface area contributed by atoms with E-state index in [0.29, 0.717) is 27.1 Å². The van der Waals surface area contributed by atoms with E-state index in [-0.39, 0.29) is 17.2 Å². The van der Waals surface area contributed by atoms with Crippen molar-refractivity contribution in [3.63, 3.8) is 0 Å². The lowest BCUT2D eigenvalue weighted by molar-refractivity contribution is -0.115. The van der Waals surface area contributed by atoms with E-state index in [9.17, 15) is 14.0 Å². The van der Waals surface area contributed by atoms with Crippen LogP contribution in [0.1, 0.15) is 22.8 Å². The fourth-order valence-corrected chi connectivity index (χ4v) is 3.37. The zero-order chi connectivity index (χ0) is 19.4. The molecule has 2 aromatic carbocycles. The van der Waals surface area contributed by atoms with E-state index in [1.165, 1.54) is 36.0 Å². The number of amides is 1. The molecular formula is C19H14FNO4S2. The quantitative estimate of drug-likeness (QED) is 0.353. The molecule has 0 saturated carbocycles. The van der Waals surface area contributed by atoms with Gasteiger partial charge in [0.25, 0.3) is 5.91 Å². The Kier molecular flexibility index (Phi) is 5.88. The first-order valence-electron chi connectivity index (χ1n) is 7.96. The highest BCUT2D eigenvalue weighted by molar-refractivity contribution is 8.26. The summed E-state index contributed by atoms with van der Waals surface area (Å²) in [5.74, 6) is -1.29. The summed E-state index contributed by atoms with van der Waals surface area (Å²) >= 11 is 6.12. The molecule has 0 radical (unpaired) electrons. The van der Waals surface area contributed by atoms with E-state index in [0.717, 1.165) is 0 Å². The molecule has 8 heteroatoms. The predicted octanol–water partition coefficient (Wildman–Crippen LogP) is 3.93. The van der Waals surface area contributed by atoms with Gasteiger partial charge in [0.2, 0.25) is 0 Å². The number of esters is 1. The average Bonchev–Trinajstić information content (AvgIpc) is 2.95. The van der Waals surface area contributed by atoms with Gasteiger partial charge in [-0.25, -0.2) is 9.18 Å². The molecule has 3 rings (SSSR count). The minimum Gasteiger partial charge on any atom is -0.490 e. The Labute approximate surface area is 164 Å². The minimum absolute atomic E-state index is 0.159. The van der Waals surface area contributed by atoms with Gasteiger partial charge < -0.3 is 14.8 Å². The maximum atomic E-state index is 13.8. The molecule has 0 aliphatic carbocycles. The normalized spacial score (nSPS) is 15.0. The van der Waals surface area contributed by atoms with E-state index < -0.39 is 11.8 Å². The number of nitrogens with one attached hydrogen (secondary N) is 1. The van der Waals surface area contributed by atoms with Gasteiger partial charge in [-0.05, 0) is 42.8 Å². The van der Waals surface area contributed by atoms with E-state index >= 15 is 0 Å². The molecule has 0 spiro atoms. The lowest BCUT2D eigenvalue weighted by atomic mass is 10.1. The first-order chi connectivity index (χ1) is 13.0. The molecule has 1 heterocycles. The highest BCUT2D eigenvalue weighted by Crippen LogP contribution is 2.32. The Morgan fingerprint density at radius 1 is 1.26 bits per heavy atom. The number of carbonyl (C=O) groups excluding carboxylic acids is 2. The standard InChI is InChI=1S/C19H14FNO4S2/c1-2-24-15-9-11(10-16-17(22)21-19(26)27-16)7-8-14(15)25-18(23)12-5-3-4-6-13(12)20/h3-10H,2H2,1H3,(H,21,22,26). The second-order valence-electron chi connectivity index (χ2n) is 5.36. The monoisotopic (exact) mass is 403 g/mol. The molecule has 2 aromatic rings. The fourth-order valence-electron chi connectivity index (χ4n) is 2.32. The molecule has 27 heavy (non-hydrogen) atoms. The molecule has 138 valence electrons. The third kappa shape index (κ3) is 4.53. The van der Waals surface area contributed by atoms with Crippen molar-refractivity contribution < 1.29 is 23.5 Å². The van der Waals surface area contributed by atoms with Gasteiger partial charge in [-0.15, -0.1) is 0 Å². The molecule has 1 fully saturated rings. The van der Waals surface area contributed by atoms with Crippen LogP contribution in [-0.2, 0) is 4.79 Å². The summed E-state index contributed by atoms with van der Waals surface area (Å²) < 4.78 is 25.0. The number of thiocarbonyl (C=S) groups is 1. The number of thioether (sulfide) groups is 1. The van der Waals surface area contributed by atoms with Crippen LogP contribution in [0, 0.1) is 5.82 Å². The van der Waals surface area contributed by atoms with Gasteiger partial charge in [-0.2, -0.15) is 0 Å². The second-order valence-corrected chi connectivity index (χ2v) is 7.08. The van der Waals surface area contributed by atoms with Crippen LogP contribution < -0.4 is 14.8 Å². The lowest BCUT2D eigenvalue weighted by Crippen LogP contribution is -2.17. The van der Waals surface area contributed by atoms with E-state index in [1.807, 2.05) is 0 Å². The zero-order valence-corrected chi connectivity index (χ0v) is 15.8. The number of ether oxygens (including phenoxy) is 2. The van der Waals surface area contributed by atoms with Crippen molar-refractivity contribution in [3.8, 4) is 11.5 Å². The number of hydrogen-bond donors (Lipinski definition) is 1. The van der Waals surface area contributed by atoms with E-state index in [4.69, 9.17) is 21.7 Å².